The van der Waals surface area contributed by atoms with Crippen LogP contribution in [0.2, 0.25) is 0 Å². The third-order valence-electron chi connectivity index (χ3n) is 2.89. The molecule has 0 aliphatic heterocycles. The standard InChI is InChI=1S/C14H15FN2O2/c1-9(2)12-7-13(14(18)19)17(16-12)8-10-5-3-4-6-11(10)15/h3-7,9H,8H2,1-2H3,(H,18,19). The molecule has 1 N–H and O–H groups in total. The zero-order valence-corrected chi connectivity index (χ0v) is 10.8. The van der Waals surface area contributed by atoms with Crippen molar-refractivity contribution in [1.29, 1.82) is 0 Å². The summed E-state index contributed by atoms with van der Waals surface area (Å²) in [6.45, 7) is 3.98. The fourth-order valence-electron chi connectivity index (χ4n) is 1.80. The first-order valence-electron chi connectivity index (χ1n) is 6.03. The topological polar surface area (TPSA) is 55.1 Å². The molecule has 4 nitrogen and oxygen atoms in total. The fourth-order valence-corrected chi connectivity index (χ4v) is 1.80. The Labute approximate surface area is 110 Å². The van der Waals surface area contributed by atoms with Crippen molar-refractivity contribution in [3.8, 4) is 0 Å². The molecule has 2 rings (SSSR count). The summed E-state index contributed by atoms with van der Waals surface area (Å²) in [6, 6.07) is 7.82. The molecule has 0 fully saturated rings. The molecule has 0 saturated heterocycles. The lowest BCUT2D eigenvalue weighted by atomic mass is 10.1. The zero-order valence-electron chi connectivity index (χ0n) is 10.8. The minimum absolute atomic E-state index is 0.0759. The Morgan fingerprint density at radius 3 is 2.68 bits per heavy atom. The van der Waals surface area contributed by atoms with Crippen LogP contribution in [0, 0.1) is 5.82 Å². The van der Waals surface area contributed by atoms with Crippen LogP contribution in [0.1, 0.15) is 41.5 Å². The van der Waals surface area contributed by atoms with Gasteiger partial charge in [0, 0.05) is 5.56 Å². The molecule has 0 aliphatic rings. The largest absolute Gasteiger partial charge is 0.477 e. The summed E-state index contributed by atoms with van der Waals surface area (Å²) in [7, 11) is 0. The molecule has 0 saturated carbocycles. The molecule has 0 aliphatic carbocycles. The smallest absolute Gasteiger partial charge is 0.354 e. The number of halogens is 1. The van der Waals surface area contributed by atoms with Crippen molar-refractivity contribution in [2.45, 2.75) is 26.3 Å². The van der Waals surface area contributed by atoms with E-state index in [1.165, 1.54) is 16.8 Å². The Bertz CT molecular complexity index is 605. The van der Waals surface area contributed by atoms with Gasteiger partial charge in [-0.3, -0.25) is 4.68 Å². The quantitative estimate of drug-likeness (QED) is 0.921. The van der Waals surface area contributed by atoms with E-state index in [1.807, 2.05) is 13.8 Å². The Morgan fingerprint density at radius 2 is 2.11 bits per heavy atom. The van der Waals surface area contributed by atoms with Crippen LogP contribution in [0.15, 0.2) is 30.3 Å². The molecular weight excluding hydrogens is 247 g/mol. The number of aromatic nitrogens is 2. The van der Waals surface area contributed by atoms with Crippen molar-refractivity contribution in [1.82, 2.24) is 9.78 Å². The molecule has 5 heteroatoms. The van der Waals surface area contributed by atoms with Crippen LogP contribution >= 0.6 is 0 Å². The highest BCUT2D eigenvalue weighted by molar-refractivity contribution is 5.85. The maximum atomic E-state index is 13.6. The minimum Gasteiger partial charge on any atom is -0.477 e. The molecule has 2 aromatic rings. The number of nitrogens with zero attached hydrogens (tertiary/aromatic N) is 2. The van der Waals surface area contributed by atoms with Gasteiger partial charge in [0.2, 0.25) is 0 Å². The molecule has 1 aromatic heterocycles. The number of aromatic carboxylic acids is 1. The summed E-state index contributed by atoms with van der Waals surface area (Å²) in [6.07, 6.45) is 0. The molecule has 0 amide bonds. The van der Waals surface area contributed by atoms with Gasteiger partial charge in [0.25, 0.3) is 0 Å². The third kappa shape index (κ3) is 2.81. The summed E-state index contributed by atoms with van der Waals surface area (Å²) in [5, 5.41) is 13.4. The second-order valence-electron chi connectivity index (χ2n) is 4.66. The van der Waals surface area contributed by atoms with Gasteiger partial charge in [-0.25, -0.2) is 9.18 Å². The number of carboxylic acid groups (broad SMARTS) is 1. The minimum atomic E-state index is -1.06. The van der Waals surface area contributed by atoms with Crippen molar-refractivity contribution in [3.63, 3.8) is 0 Å². The van der Waals surface area contributed by atoms with E-state index in [9.17, 15) is 9.18 Å². The molecule has 0 spiro atoms. The zero-order chi connectivity index (χ0) is 14.0. The molecule has 1 heterocycles. The normalized spacial score (nSPS) is 10.9. The molecule has 0 atom stereocenters. The van der Waals surface area contributed by atoms with Crippen LogP contribution in [-0.4, -0.2) is 20.9 Å². The van der Waals surface area contributed by atoms with E-state index < -0.39 is 5.97 Å². The van der Waals surface area contributed by atoms with Gasteiger partial charge in [0.05, 0.1) is 12.2 Å². The molecule has 1 aromatic carbocycles. The van der Waals surface area contributed by atoms with Gasteiger partial charge in [-0.15, -0.1) is 0 Å². The van der Waals surface area contributed by atoms with Gasteiger partial charge in [-0.05, 0) is 18.1 Å². The lowest BCUT2D eigenvalue weighted by molar-refractivity contribution is 0.0684. The predicted molar refractivity (Wildman–Crippen MR) is 68.8 cm³/mol. The summed E-state index contributed by atoms with van der Waals surface area (Å²) >= 11 is 0. The maximum Gasteiger partial charge on any atom is 0.354 e. The van der Waals surface area contributed by atoms with E-state index in [1.54, 1.807) is 18.2 Å². The maximum absolute atomic E-state index is 13.6. The van der Waals surface area contributed by atoms with Crippen molar-refractivity contribution >= 4 is 5.97 Å². The van der Waals surface area contributed by atoms with Crippen molar-refractivity contribution < 1.29 is 14.3 Å². The van der Waals surface area contributed by atoms with E-state index in [4.69, 9.17) is 5.11 Å². The highest BCUT2D eigenvalue weighted by Crippen LogP contribution is 2.17. The first kappa shape index (κ1) is 13.3. The fraction of sp³-hybridized carbons (Fsp3) is 0.286. The van der Waals surface area contributed by atoms with E-state index in [2.05, 4.69) is 5.10 Å². The molecule has 0 unspecified atom stereocenters. The summed E-state index contributed by atoms with van der Waals surface area (Å²) in [5.41, 5.74) is 1.18. The van der Waals surface area contributed by atoms with Crippen LogP contribution in [0.4, 0.5) is 4.39 Å². The second-order valence-corrected chi connectivity index (χ2v) is 4.66. The van der Waals surface area contributed by atoms with Gasteiger partial charge in [-0.1, -0.05) is 32.0 Å². The average Bonchev–Trinajstić information content (AvgIpc) is 2.76. The number of benzene rings is 1. The Morgan fingerprint density at radius 1 is 1.42 bits per heavy atom. The Hall–Kier alpha value is -2.17. The third-order valence-corrected chi connectivity index (χ3v) is 2.89. The van der Waals surface area contributed by atoms with Crippen molar-refractivity contribution in [2.24, 2.45) is 0 Å². The van der Waals surface area contributed by atoms with E-state index in [0.29, 0.717) is 11.3 Å². The molecule has 0 radical (unpaired) electrons. The molecule has 19 heavy (non-hydrogen) atoms. The first-order valence-corrected chi connectivity index (χ1v) is 6.03. The predicted octanol–water partition coefficient (Wildman–Crippen LogP) is 2.89. The highest BCUT2D eigenvalue weighted by atomic mass is 19.1. The Kier molecular flexibility index (Phi) is 3.64. The van der Waals surface area contributed by atoms with Gasteiger partial charge in [0.15, 0.2) is 0 Å². The van der Waals surface area contributed by atoms with Crippen molar-refractivity contribution in [2.75, 3.05) is 0 Å². The number of rotatable bonds is 4. The molecule has 0 bridgehead atoms. The van der Waals surface area contributed by atoms with Gasteiger partial charge < -0.3 is 5.11 Å². The average molecular weight is 262 g/mol. The lowest BCUT2D eigenvalue weighted by Crippen LogP contribution is -2.11. The second kappa shape index (κ2) is 5.22. The number of hydrogen-bond acceptors (Lipinski definition) is 2. The number of carbonyl (C=O) groups is 1. The number of carboxylic acids is 1. The van der Waals surface area contributed by atoms with E-state index >= 15 is 0 Å². The summed E-state index contributed by atoms with van der Waals surface area (Å²) in [5.74, 6) is -1.30. The lowest BCUT2D eigenvalue weighted by Gasteiger charge is -2.06. The van der Waals surface area contributed by atoms with Crippen LogP contribution in [0.3, 0.4) is 0 Å². The van der Waals surface area contributed by atoms with Crippen LogP contribution in [0.25, 0.3) is 0 Å². The van der Waals surface area contributed by atoms with Gasteiger partial charge in [0.1, 0.15) is 11.5 Å². The first-order chi connectivity index (χ1) is 8.99. The van der Waals surface area contributed by atoms with Crippen molar-refractivity contribution in [3.05, 3.63) is 53.1 Å². The summed E-state index contributed by atoms with van der Waals surface area (Å²) < 4.78 is 14.9. The highest BCUT2D eigenvalue weighted by Gasteiger charge is 2.16. The van der Waals surface area contributed by atoms with Gasteiger partial charge in [-0.2, -0.15) is 5.10 Å². The summed E-state index contributed by atoms with van der Waals surface area (Å²) in [4.78, 5) is 11.2. The van der Waals surface area contributed by atoms with E-state index in [-0.39, 0.29) is 24.0 Å². The SMILES string of the molecule is CC(C)c1cc(C(=O)O)n(Cc2ccccc2F)n1. The number of hydrogen-bond donors (Lipinski definition) is 1. The van der Waals surface area contributed by atoms with E-state index in [0.717, 1.165) is 0 Å². The van der Waals surface area contributed by atoms with Crippen LogP contribution in [-0.2, 0) is 6.54 Å². The van der Waals surface area contributed by atoms with Crippen LogP contribution in [0.5, 0.6) is 0 Å². The molecule has 100 valence electrons. The van der Waals surface area contributed by atoms with Gasteiger partial charge >= 0.3 is 5.97 Å². The Balaban J connectivity index is 2.39. The van der Waals surface area contributed by atoms with Crippen LogP contribution < -0.4 is 0 Å². The molecular formula is C14H15FN2O2. The monoisotopic (exact) mass is 262 g/mol.